The Kier molecular flexibility index (Phi) is 13.9. The first kappa shape index (κ1) is 48.0. The van der Waals surface area contributed by atoms with Gasteiger partial charge in [-0.2, -0.15) is 26.3 Å². The lowest BCUT2D eigenvalue weighted by Gasteiger charge is -2.39. The Hall–Kier alpha value is -5.90. The van der Waals surface area contributed by atoms with E-state index in [9.17, 15) is 56.8 Å². The molecule has 66 heavy (non-hydrogen) atoms. The van der Waals surface area contributed by atoms with E-state index in [4.69, 9.17) is 0 Å². The predicted molar refractivity (Wildman–Crippen MR) is 236 cm³/mol. The van der Waals surface area contributed by atoms with Gasteiger partial charge in [-0.15, -0.1) is 0 Å². The summed E-state index contributed by atoms with van der Waals surface area (Å²) in [6.07, 6.45) is -7.32. The molecule has 2 aliphatic rings. The highest BCUT2D eigenvalue weighted by Gasteiger charge is 2.58. The number of halogens is 6. The maximum absolute atomic E-state index is 14.4. The molecule has 2 fully saturated rings. The summed E-state index contributed by atoms with van der Waals surface area (Å²) in [5, 5.41) is 45.3. The van der Waals surface area contributed by atoms with Crippen LogP contribution in [0.2, 0.25) is 0 Å². The topological polar surface area (TPSA) is 150 Å². The average Bonchev–Trinajstić information content (AvgIpc) is 3.83. The van der Waals surface area contributed by atoms with Crippen LogP contribution in [-0.2, 0) is 24.3 Å². The van der Waals surface area contributed by atoms with Gasteiger partial charge in [0, 0.05) is 137 Å². The van der Waals surface area contributed by atoms with Gasteiger partial charge >= 0.3 is 12.4 Å². The zero-order valence-electron chi connectivity index (χ0n) is 36.3. The molecule has 2 unspecified atom stereocenters. The molecule has 6 aromatic rings. The fourth-order valence-corrected chi connectivity index (χ4v) is 8.58. The fourth-order valence-electron chi connectivity index (χ4n) is 8.58. The van der Waals surface area contributed by atoms with Crippen molar-refractivity contribution >= 4 is 33.2 Å². The third kappa shape index (κ3) is 10.2. The number of hydrogen-bond acceptors (Lipinski definition) is 10. The number of hydrogen-bond donors (Lipinski definition) is 2. The molecule has 2 N–H and O–H groups in total. The molecule has 4 heterocycles. The van der Waals surface area contributed by atoms with Crippen molar-refractivity contribution in [1.29, 1.82) is 0 Å². The number of likely N-dealkylation sites (N-methyl/N-ethyl adjacent to an activating group) is 2. The van der Waals surface area contributed by atoms with Gasteiger partial charge in [0.05, 0.1) is 20.9 Å². The van der Waals surface area contributed by atoms with E-state index in [0.29, 0.717) is 52.4 Å². The van der Waals surface area contributed by atoms with E-state index in [0.717, 1.165) is 11.1 Å². The smallest absolute Gasteiger partial charge is 0.375 e. The Bertz CT molecular complexity index is 2460. The molecule has 8 rings (SSSR count). The summed E-state index contributed by atoms with van der Waals surface area (Å²) in [6.45, 7) is 3.26. The van der Waals surface area contributed by atoms with Crippen LogP contribution in [0.5, 0.6) is 0 Å². The Labute approximate surface area is 375 Å². The maximum Gasteiger partial charge on any atom is 0.422 e. The van der Waals surface area contributed by atoms with E-state index in [1.807, 2.05) is 84.6 Å². The van der Waals surface area contributed by atoms with E-state index in [1.165, 1.54) is 57.9 Å². The molecule has 2 atom stereocenters. The number of β-amino-alcohol motifs (C(OH)–C–C–N with tert-alkyl or cyclic N) is 2. The minimum absolute atomic E-state index is 0.144. The minimum Gasteiger partial charge on any atom is -0.375 e. The average molecular weight is 925 g/mol. The number of benzene rings is 4. The molecule has 2 saturated heterocycles. The van der Waals surface area contributed by atoms with Crippen LogP contribution in [0.3, 0.4) is 0 Å². The Balaban J connectivity index is 0.000000196. The highest BCUT2D eigenvalue weighted by Crippen LogP contribution is 2.45. The van der Waals surface area contributed by atoms with Crippen molar-refractivity contribution in [2.45, 2.75) is 36.6 Å². The van der Waals surface area contributed by atoms with Gasteiger partial charge in [-0.25, -0.2) is 0 Å². The lowest BCUT2D eigenvalue weighted by atomic mass is 9.91. The van der Waals surface area contributed by atoms with Gasteiger partial charge in [0.2, 0.25) is 11.2 Å². The van der Waals surface area contributed by atoms with Crippen LogP contribution in [0.4, 0.5) is 37.7 Å². The summed E-state index contributed by atoms with van der Waals surface area (Å²) < 4.78 is 89.4. The number of rotatable bonds is 12. The summed E-state index contributed by atoms with van der Waals surface area (Å²) >= 11 is 0. The lowest BCUT2D eigenvalue weighted by Crippen LogP contribution is -2.55. The highest BCUT2D eigenvalue weighted by atomic mass is 19.4. The van der Waals surface area contributed by atoms with E-state index < -0.39 is 46.5 Å². The second-order valence-corrected chi connectivity index (χ2v) is 17.1. The second kappa shape index (κ2) is 19.1. The zero-order chi connectivity index (χ0) is 47.6. The van der Waals surface area contributed by atoms with Crippen molar-refractivity contribution in [2.24, 2.45) is 0 Å². The van der Waals surface area contributed by atoms with E-state index >= 15 is 0 Å². The minimum atomic E-state index is -4.94. The van der Waals surface area contributed by atoms with Gasteiger partial charge in [0.15, 0.2) is 0 Å². The van der Waals surface area contributed by atoms with E-state index in [2.05, 4.69) is 0 Å². The van der Waals surface area contributed by atoms with Gasteiger partial charge in [-0.05, 0) is 37.4 Å². The predicted octanol–water partition coefficient (Wildman–Crippen LogP) is 7.19. The Morgan fingerprint density at radius 1 is 0.530 bits per heavy atom. The van der Waals surface area contributed by atoms with Crippen LogP contribution in [0.1, 0.15) is 22.3 Å². The molecule has 0 amide bonds. The van der Waals surface area contributed by atoms with Crippen molar-refractivity contribution in [2.75, 3.05) is 79.5 Å². The van der Waals surface area contributed by atoms with Gasteiger partial charge in [0.25, 0.3) is 11.4 Å². The van der Waals surface area contributed by atoms with Crippen LogP contribution < -0.4 is 0 Å². The van der Waals surface area contributed by atoms with E-state index in [-0.39, 0.29) is 57.4 Å². The number of nitro benzene ring substituents is 2. The first-order valence-electron chi connectivity index (χ1n) is 21.2. The van der Waals surface area contributed by atoms with Crippen LogP contribution in [0.15, 0.2) is 109 Å². The molecule has 0 spiro atoms. The molecular weight excluding hydrogens is 875 g/mol. The molecule has 0 aliphatic carbocycles. The number of aromatic nitrogens is 2. The van der Waals surface area contributed by atoms with E-state index in [1.54, 1.807) is 9.80 Å². The normalized spacial score (nSPS) is 17.8. The first-order chi connectivity index (χ1) is 31.2. The largest absolute Gasteiger partial charge is 0.422 e. The summed E-state index contributed by atoms with van der Waals surface area (Å²) in [7, 11) is 3.80. The molecule has 2 aliphatic heterocycles. The monoisotopic (exact) mass is 924 g/mol. The lowest BCUT2D eigenvalue weighted by molar-refractivity contribution is -0.384. The van der Waals surface area contributed by atoms with Crippen molar-refractivity contribution in [3.8, 4) is 0 Å². The summed E-state index contributed by atoms with van der Waals surface area (Å²) in [4.78, 5) is 28.7. The number of fused-ring (bicyclic) bond motifs is 2. The van der Waals surface area contributed by atoms with Crippen LogP contribution in [-0.4, -0.2) is 141 Å². The van der Waals surface area contributed by atoms with Crippen LogP contribution in [0, 0.1) is 20.2 Å². The molecule has 2 aromatic heterocycles. The van der Waals surface area contributed by atoms with Gasteiger partial charge in [-0.3, -0.25) is 30.0 Å². The molecule has 0 bridgehead atoms. The molecule has 352 valence electrons. The summed E-state index contributed by atoms with van der Waals surface area (Å²) in [6, 6.07) is 25.6. The molecular formula is C46H50F6N8O6. The third-order valence-electron chi connectivity index (χ3n) is 12.5. The number of piperazine rings is 2. The number of aliphatic hydroxyl groups is 2. The quantitative estimate of drug-likeness (QED) is 0.0734. The summed E-state index contributed by atoms with van der Waals surface area (Å²) in [5.41, 5.74) is -5.12. The maximum atomic E-state index is 14.4. The number of alkyl halides is 6. The van der Waals surface area contributed by atoms with Crippen molar-refractivity contribution in [3.63, 3.8) is 0 Å². The number of nitro groups is 2. The molecule has 0 radical (unpaired) electrons. The third-order valence-corrected chi connectivity index (χ3v) is 12.5. The van der Waals surface area contributed by atoms with Crippen LogP contribution in [0.25, 0.3) is 21.8 Å². The van der Waals surface area contributed by atoms with Gasteiger partial charge in [-0.1, -0.05) is 60.7 Å². The number of non-ortho nitro benzene ring substituents is 2. The Morgan fingerprint density at radius 3 is 1.17 bits per heavy atom. The molecule has 0 saturated carbocycles. The zero-order valence-corrected chi connectivity index (χ0v) is 36.3. The van der Waals surface area contributed by atoms with Crippen molar-refractivity contribution in [3.05, 3.63) is 152 Å². The Morgan fingerprint density at radius 2 is 0.864 bits per heavy atom. The molecule has 20 heteroatoms. The second-order valence-electron chi connectivity index (χ2n) is 17.1. The van der Waals surface area contributed by atoms with Gasteiger partial charge in [0.1, 0.15) is 0 Å². The van der Waals surface area contributed by atoms with Crippen molar-refractivity contribution < 1.29 is 46.4 Å². The SMILES string of the molecule is CN1CCN(CC(O)(c2cn(Cc3ccccc3)c3cc([N+](=O)[O-])ccc23)C(F)(F)F)CC1.CN1CCN(CC(O)(c2cn(Cc3ccccc3)c3cc([N+](=O)[O-])ccc23)C(F)(F)F)CC1. The molecule has 14 nitrogen and oxygen atoms in total. The molecule has 4 aromatic carbocycles. The first-order valence-corrected chi connectivity index (χ1v) is 21.2. The van der Waals surface area contributed by atoms with Gasteiger partial charge < -0.3 is 29.1 Å². The summed E-state index contributed by atoms with van der Waals surface area (Å²) in [5.74, 6) is 0. The number of nitrogens with zero attached hydrogens (tertiary/aromatic N) is 8. The fraction of sp³-hybridized carbons (Fsp3) is 0.391. The standard InChI is InChI=1S/2C23H25F3N4O3/c2*1-27-9-11-28(12-10-27)16-22(31,23(24,25)26)20-15-29(14-17-5-3-2-4-6-17)21-13-18(30(32)33)7-8-19(20)21/h2*2-8,13,15,31H,9-12,14,16H2,1H3. The van der Waals surface area contributed by atoms with Crippen molar-refractivity contribution in [1.82, 2.24) is 28.7 Å². The highest BCUT2D eigenvalue weighted by molar-refractivity contribution is 5.88. The van der Waals surface area contributed by atoms with Crippen LogP contribution >= 0.6 is 0 Å².